The van der Waals surface area contributed by atoms with Gasteiger partial charge >= 0.3 is 5.97 Å². The van der Waals surface area contributed by atoms with Gasteiger partial charge in [-0.25, -0.2) is 9.59 Å². The normalized spacial score (nSPS) is 11.5. The summed E-state index contributed by atoms with van der Waals surface area (Å²) in [4.78, 5) is 24.2. The Kier molecular flexibility index (Phi) is 5.93. The van der Waals surface area contributed by atoms with E-state index in [-0.39, 0.29) is 0 Å². The monoisotopic (exact) mass is 171 g/mol. The van der Waals surface area contributed by atoms with Crippen LogP contribution in [0.25, 0.3) is 0 Å². The molecule has 1 atom stereocenters. The lowest BCUT2D eigenvalue weighted by molar-refractivity contribution is -0.142. The van der Waals surface area contributed by atoms with Crippen molar-refractivity contribution in [2.75, 3.05) is 7.11 Å². The molecule has 0 unspecified atom stereocenters. The van der Waals surface area contributed by atoms with Crippen LogP contribution in [0.4, 0.5) is 0 Å². The van der Waals surface area contributed by atoms with Crippen LogP contribution in [0.5, 0.6) is 0 Å². The van der Waals surface area contributed by atoms with Gasteiger partial charge in [-0.05, 0) is 6.42 Å². The molecule has 0 heterocycles. The van der Waals surface area contributed by atoms with Crippen LogP contribution in [-0.4, -0.2) is 25.2 Å². The fourth-order valence-electron chi connectivity index (χ4n) is 0.832. The zero-order valence-corrected chi connectivity index (χ0v) is 7.37. The summed E-state index contributed by atoms with van der Waals surface area (Å²) in [5.74, 6) is -0.466. The van der Waals surface area contributed by atoms with Gasteiger partial charge < -0.3 is 4.74 Å². The van der Waals surface area contributed by atoms with E-state index < -0.39 is 12.0 Å². The number of unbranched alkanes of at least 4 members (excludes halogenated alkanes) is 1. The molecule has 0 saturated carbocycles. The van der Waals surface area contributed by atoms with Gasteiger partial charge in [0.05, 0.1) is 7.11 Å². The van der Waals surface area contributed by atoms with Gasteiger partial charge in [-0.15, -0.1) is 0 Å². The van der Waals surface area contributed by atoms with E-state index >= 15 is 0 Å². The molecule has 0 radical (unpaired) electrons. The summed E-state index contributed by atoms with van der Waals surface area (Å²) in [6, 6.07) is -0.660. The zero-order chi connectivity index (χ0) is 9.40. The number of rotatable bonds is 5. The highest BCUT2D eigenvalue weighted by molar-refractivity contribution is 5.76. The van der Waals surface area contributed by atoms with Gasteiger partial charge in [0, 0.05) is 0 Å². The molecule has 0 rings (SSSR count). The van der Waals surface area contributed by atoms with E-state index in [9.17, 15) is 9.59 Å². The van der Waals surface area contributed by atoms with E-state index in [1.165, 1.54) is 13.2 Å². The van der Waals surface area contributed by atoms with E-state index in [0.717, 1.165) is 12.8 Å². The van der Waals surface area contributed by atoms with Gasteiger partial charge in [0.2, 0.25) is 6.08 Å². The van der Waals surface area contributed by atoms with Crippen molar-refractivity contribution in [1.82, 2.24) is 0 Å². The number of aliphatic imine (C=N–C) groups is 1. The van der Waals surface area contributed by atoms with Crippen molar-refractivity contribution in [3.8, 4) is 0 Å². The molecule has 0 amide bonds. The third-order valence-corrected chi connectivity index (χ3v) is 1.51. The number of hydrogen-bond acceptors (Lipinski definition) is 4. The second-order valence-electron chi connectivity index (χ2n) is 2.40. The van der Waals surface area contributed by atoms with E-state index in [1.807, 2.05) is 6.92 Å². The summed E-state index contributed by atoms with van der Waals surface area (Å²) in [7, 11) is 1.28. The maximum Gasteiger partial charge on any atom is 0.331 e. The zero-order valence-electron chi connectivity index (χ0n) is 7.37. The first-order chi connectivity index (χ1) is 5.76. The SMILES string of the molecule is CCCC[C@@H](N=C=O)C(=O)OC. The predicted octanol–water partition coefficient (Wildman–Crippen LogP) is 1.05. The quantitative estimate of drug-likeness (QED) is 0.353. The van der Waals surface area contributed by atoms with Gasteiger partial charge in [0.15, 0.2) is 6.04 Å². The van der Waals surface area contributed by atoms with Gasteiger partial charge in [-0.1, -0.05) is 19.8 Å². The smallest absolute Gasteiger partial charge is 0.331 e. The molecular weight excluding hydrogens is 158 g/mol. The number of methoxy groups -OCH3 is 1. The Hall–Kier alpha value is -1.15. The fourth-order valence-corrected chi connectivity index (χ4v) is 0.832. The molecule has 0 aromatic heterocycles. The average molecular weight is 171 g/mol. The maximum atomic E-state index is 10.9. The maximum absolute atomic E-state index is 10.9. The fraction of sp³-hybridized carbons (Fsp3) is 0.750. The Morgan fingerprint density at radius 1 is 1.67 bits per heavy atom. The van der Waals surface area contributed by atoms with Crippen LogP contribution in [0.15, 0.2) is 4.99 Å². The first kappa shape index (κ1) is 10.8. The molecule has 0 aromatic carbocycles. The third-order valence-electron chi connectivity index (χ3n) is 1.51. The number of isocyanates is 1. The minimum Gasteiger partial charge on any atom is -0.467 e. The van der Waals surface area contributed by atoms with Crippen LogP contribution in [0.2, 0.25) is 0 Å². The Morgan fingerprint density at radius 2 is 2.33 bits per heavy atom. The van der Waals surface area contributed by atoms with Crippen molar-refractivity contribution in [2.45, 2.75) is 32.2 Å². The first-order valence-corrected chi connectivity index (χ1v) is 3.91. The van der Waals surface area contributed by atoms with E-state index in [4.69, 9.17) is 0 Å². The molecule has 12 heavy (non-hydrogen) atoms. The molecule has 0 aliphatic rings. The molecular formula is C8H13NO3. The van der Waals surface area contributed by atoms with Crippen molar-refractivity contribution in [3.63, 3.8) is 0 Å². The van der Waals surface area contributed by atoms with Gasteiger partial charge in [-0.3, -0.25) is 0 Å². The van der Waals surface area contributed by atoms with Crippen LogP contribution in [-0.2, 0) is 14.3 Å². The lowest BCUT2D eigenvalue weighted by Crippen LogP contribution is -2.19. The second-order valence-corrected chi connectivity index (χ2v) is 2.40. The largest absolute Gasteiger partial charge is 0.467 e. The van der Waals surface area contributed by atoms with Crippen molar-refractivity contribution >= 4 is 12.0 Å². The van der Waals surface area contributed by atoms with Crippen molar-refractivity contribution in [2.24, 2.45) is 4.99 Å². The predicted molar refractivity (Wildman–Crippen MR) is 43.5 cm³/mol. The first-order valence-electron chi connectivity index (χ1n) is 3.91. The number of nitrogens with zero attached hydrogens (tertiary/aromatic N) is 1. The van der Waals surface area contributed by atoms with Crippen LogP contribution < -0.4 is 0 Å². The molecule has 4 heteroatoms. The van der Waals surface area contributed by atoms with E-state index in [1.54, 1.807) is 0 Å². The number of carbonyl (C=O) groups is 1. The summed E-state index contributed by atoms with van der Waals surface area (Å²) >= 11 is 0. The molecule has 0 spiro atoms. The number of carbonyl (C=O) groups excluding carboxylic acids is 2. The van der Waals surface area contributed by atoms with Crippen LogP contribution >= 0.6 is 0 Å². The summed E-state index contributed by atoms with van der Waals surface area (Å²) < 4.78 is 4.45. The molecule has 0 N–H and O–H groups in total. The number of ether oxygens (including phenoxy) is 1. The minimum absolute atomic E-state index is 0.466. The third kappa shape index (κ3) is 3.88. The minimum atomic E-state index is -0.660. The number of hydrogen-bond donors (Lipinski definition) is 0. The topological polar surface area (TPSA) is 55.7 Å². The van der Waals surface area contributed by atoms with Crippen LogP contribution in [0, 0.1) is 0 Å². The molecule has 4 nitrogen and oxygen atoms in total. The highest BCUT2D eigenvalue weighted by atomic mass is 16.5. The highest BCUT2D eigenvalue weighted by Gasteiger charge is 2.16. The van der Waals surface area contributed by atoms with Gasteiger partial charge in [-0.2, -0.15) is 4.99 Å². The lowest BCUT2D eigenvalue weighted by atomic mass is 10.1. The van der Waals surface area contributed by atoms with Gasteiger partial charge in [0.1, 0.15) is 0 Å². The Bertz CT molecular complexity index is 185. The Morgan fingerprint density at radius 3 is 2.75 bits per heavy atom. The lowest BCUT2D eigenvalue weighted by Gasteiger charge is -2.05. The summed E-state index contributed by atoms with van der Waals surface area (Å²) in [5, 5.41) is 0. The van der Waals surface area contributed by atoms with Crippen molar-refractivity contribution < 1.29 is 14.3 Å². The standard InChI is InChI=1S/C8H13NO3/c1-3-4-5-7(9-6-10)8(11)12-2/h7H,3-5H2,1-2H3/t7-/m1/s1. The Balaban J connectivity index is 4.03. The molecule has 0 saturated heterocycles. The average Bonchev–Trinajstić information content (AvgIpc) is 2.11. The summed E-state index contributed by atoms with van der Waals surface area (Å²) in [6.45, 7) is 2.00. The molecule has 0 aliphatic carbocycles. The Labute approximate surface area is 71.6 Å². The molecule has 68 valence electrons. The van der Waals surface area contributed by atoms with Crippen molar-refractivity contribution in [3.05, 3.63) is 0 Å². The van der Waals surface area contributed by atoms with Crippen LogP contribution in [0.3, 0.4) is 0 Å². The van der Waals surface area contributed by atoms with E-state index in [0.29, 0.717) is 6.42 Å². The van der Waals surface area contributed by atoms with E-state index in [2.05, 4.69) is 9.73 Å². The van der Waals surface area contributed by atoms with Crippen molar-refractivity contribution in [1.29, 1.82) is 0 Å². The summed E-state index contributed by atoms with van der Waals surface area (Å²) in [5.41, 5.74) is 0. The number of esters is 1. The summed E-state index contributed by atoms with van der Waals surface area (Å²) in [6.07, 6.45) is 3.73. The highest BCUT2D eigenvalue weighted by Crippen LogP contribution is 2.05. The second kappa shape index (κ2) is 6.55. The molecule has 0 aliphatic heterocycles. The molecule has 0 fully saturated rings. The molecule has 0 aromatic rings. The van der Waals surface area contributed by atoms with Crippen LogP contribution in [0.1, 0.15) is 26.2 Å². The molecule has 0 bridgehead atoms. The van der Waals surface area contributed by atoms with Gasteiger partial charge in [0.25, 0.3) is 0 Å².